The Balaban J connectivity index is 2.38. The third-order valence-corrected chi connectivity index (χ3v) is 4.64. The Morgan fingerprint density at radius 3 is 2.17 bits per heavy atom. The second-order valence-corrected chi connectivity index (χ2v) is 7.13. The third-order valence-electron chi connectivity index (χ3n) is 3.46. The zero-order valence-electron chi connectivity index (χ0n) is 13.9. The number of ether oxygens (including phenoxy) is 3. The Labute approximate surface area is 158 Å². The molecule has 0 spiro atoms. The number of methoxy groups -OCH3 is 2. The molecule has 0 saturated carbocycles. The number of carbonyl (C=O) groups is 1. The van der Waals surface area contributed by atoms with Crippen LogP contribution < -0.4 is 9.47 Å². The molecule has 0 fully saturated rings. The number of hydrogen-bond donors (Lipinski definition) is 0. The zero-order valence-corrected chi connectivity index (χ0v) is 17.0. The Bertz CT molecular complexity index is 734. The molecule has 2 rings (SSSR count). The molecule has 0 aliphatic heterocycles. The predicted molar refractivity (Wildman–Crippen MR) is 100 cm³/mol. The van der Waals surface area contributed by atoms with Gasteiger partial charge >= 0.3 is 5.97 Å². The first-order chi connectivity index (χ1) is 11.4. The van der Waals surface area contributed by atoms with Gasteiger partial charge in [-0.3, -0.25) is 0 Å². The molecule has 0 bridgehead atoms. The Morgan fingerprint density at radius 2 is 1.67 bits per heavy atom. The fraction of sp³-hybridized carbons (Fsp3) is 0.278. The molecular weight excluding hydrogens is 440 g/mol. The molecule has 128 valence electrons. The van der Waals surface area contributed by atoms with E-state index in [1.54, 1.807) is 19.2 Å². The minimum Gasteiger partial charge on any atom is -0.496 e. The van der Waals surface area contributed by atoms with Gasteiger partial charge in [-0.2, -0.15) is 0 Å². The number of benzene rings is 2. The van der Waals surface area contributed by atoms with Gasteiger partial charge in [-0.15, -0.1) is 0 Å². The molecule has 0 N–H and O–H groups in total. The normalized spacial score (nSPS) is 10.6. The largest absolute Gasteiger partial charge is 0.496 e. The number of halogens is 2. The van der Waals surface area contributed by atoms with Crippen LogP contribution in [-0.2, 0) is 4.74 Å². The summed E-state index contributed by atoms with van der Waals surface area (Å²) in [5, 5.41) is 0. The van der Waals surface area contributed by atoms with E-state index >= 15 is 0 Å². The van der Waals surface area contributed by atoms with E-state index in [1.165, 1.54) is 7.11 Å². The average Bonchev–Trinajstić information content (AvgIpc) is 2.56. The number of carbonyl (C=O) groups excluding carboxylic acids is 1. The molecule has 24 heavy (non-hydrogen) atoms. The van der Waals surface area contributed by atoms with Gasteiger partial charge in [-0.05, 0) is 68.1 Å². The topological polar surface area (TPSA) is 44.8 Å². The maximum atomic E-state index is 11.7. The summed E-state index contributed by atoms with van der Waals surface area (Å²) in [6, 6.07) is 9.02. The number of rotatable bonds is 5. The highest BCUT2D eigenvalue weighted by atomic mass is 79.9. The van der Waals surface area contributed by atoms with Gasteiger partial charge in [0.05, 0.1) is 28.7 Å². The van der Waals surface area contributed by atoms with E-state index in [2.05, 4.69) is 45.7 Å². The molecule has 0 aromatic heterocycles. The van der Waals surface area contributed by atoms with Gasteiger partial charge in [0.2, 0.25) is 0 Å². The van der Waals surface area contributed by atoms with Crippen molar-refractivity contribution >= 4 is 37.8 Å². The molecule has 0 aliphatic carbocycles. The van der Waals surface area contributed by atoms with E-state index in [0.717, 1.165) is 11.3 Å². The first-order valence-corrected chi connectivity index (χ1v) is 8.89. The van der Waals surface area contributed by atoms with E-state index in [1.807, 2.05) is 18.2 Å². The van der Waals surface area contributed by atoms with Gasteiger partial charge in [0, 0.05) is 5.56 Å². The fourth-order valence-electron chi connectivity index (χ4n) is 2.24. The van der Waals surface area contributed by atoms with Crippen molar-refractivity contribution in [1.29, 1.82) is 0 Å². The Hall–Kier alpha value is -1.53. The summed E-state index contributed by atoms with van der Waals surface area (Å²) in [5.74, 6) is 2.00. The molecule has 4 nitrogen and oxygen atoms in total. The first-order valence-electron chi connectivity index (χ1n) is 7.30. The van der Waals surface area contributed by atoms with E-state index in [9.17, 15) is 4.79 Å². The maximum absolute atomic E-state index is 11.7. The van der Waals surface area contributed by atoms with Crippen LogP contribution >= 0.6 is 31.9 Å². The minimum absolute atomic E-state index is 0.303. The lowest BCUT2D eigenvalue weighted by Gasteiger charge is -2.15. The van der Waals surface area contributed by atoms with Gasteiger partial charge in [-0.25, -0.2) is 4.79 Å². The second-order valence-electron chi connectivity index (χ2n) is 5.42. The Morgan fingerprint density at radius 1 is 1.04 bits per heavy atom. The zero-order chi connectivity index (χ0) is 17.9. The lowest BCUT2D eigenvalue weighted by Crippen LogP contribution is -2.02. The minimum atomic E-state index is -0.408. The summed E-state index contributed by atoms with van der Waals surface area (Å²) in [6.45, 7) is 4.19. The quantitative estimate of drug-likeness (QED) is 0.522. The highest BCUT2D eigenvalue weighted by Gasteiger charge is 2.16. The predicted octanol–water partition coefficient (Wildman–Crippen LogP) is 5.92. The van der Waals surface area contributed by atoms with E-state index < -0.39 is 5.97 Å². The van der Waals surface area contributed by atoms with Crippen LogP contribution in [0.25, 0.3) is 0 Å². The van der Waals surface area contributed by atoms with Gasteiger partial charge in [0.25, 0.3) is 0 Å². The smallest absolute Gasteiger partial charge is 0.337 e. The van der Waals surface area contributed by atoms with Crippen LogP contribution in [0.15, 0.2) is 39.3 Å². The molecule has 0 atom stereocenters. The van der Waals surface area contributed by atoms with Crippen LogP contribution in [0, 0.1) is 0 Å². The fourth-order valence-corrected chi connectivity index (χ4v) is 3.59. The van der Waals surface area contributed by atoms with E-state index in [-0.39, 0.29) is 0 Å². The molecular formula is C18H18Br2O4. The van der Waals surface area contributed by atoms with Crippen molar-refractivity contribution in [3.05, 3.63) is 50.4 Å². The van der Waals surface area contributed by atoms with Gasteiger partial charge in [0.15, 0.2) is 5.75 Å². The highest BCUT2D eigenvalue weighted by Crippen LogP contribution is 2.39. The van der Waals surface area contributed by atoms with Gasteiger partial charge < -0.3 is 14.2 Å². The average molecular weight is 458 g/mol. The van der Waals surface area contributed by atoms with Crippen molar-refractivity contribution in [2.24, 2.45) is 0 Å². The maximum Gasteiger partial charge on any atom is 0.337 e. The lowest BCUT2D eigenvalue weighted by atomic mass is 10.0. The lowest BCUT2D eigenvalue weighted by molar-refractivity contribution is 0.0600. The summed E-state index contributed by atoms with van der Waals surface area (Å²) in [4.78, 5) is 11.7. The van der Waals surface area contributed by atoms with Crippen molar-refractivity contribution in [2.75, 3.05) is 14.2 Å². The number of esters is 1. The third kappa shape index (κ3) is 4.11. The molecule has 0 unspecified atom stereocenters. The van der Waals surface area contributed by atoms with Crippen LogP contribution in [-0.4, -0.2) is 20.2 Å². The van der Waals surface area contributed by atoms with Crippen LogP contribution in [0.3, 0.4) is 0 Å². The van der Waals surface area contributed by atoms with Crippen LogP contribution in [0.1, 0.15) is 35.7 Å². The van der Waals surface area contributed by atoms with E-state index in [0.29, 0.717) is 31.9 Å². The van der Waals surface area contributed by atoms with Crippen molar-refractivity contribution in [3.8, 4) is 17.2 Å². The van der Waals surface area contributed by atoms with Crippen LogP contribution in [0.2, 0.25) is 0 Å². The van der Waals surface area contributed by atoms with Crippen molar-refractivity contribution in [1.82, 2.24) is 0 Å². The SMILES string of the molecule is COC(=O)c1cc(Br)c(Oc2ccc(OC)c(C(C)C)c2)c(Br)c1. The summed E-state index contributed by atoms with van der Waals surface area (Å²) < 4.78 is 17.4. The van der Waals surface area contributed by atoms with Crippen molar-refractivity contribution in [2.45, 2.75) is 19.8 Å². The van der Waals surface area contributed by atoms with Crippen molar-refractivity contribution < 1.29 is 19.0 Å². The number of hydrogen-bond acceptors (Lipinski definition) is 4. The highest BCUT2D eigenvalue weighted by molar-refractivity contribution is 9.11. The van der Waals surface area contributed by atoms with Gasteiger partial charge in [-0.1, -0.05) is 13.8 Å². The van der Waals surface area contributed by atoms with Gasteiger partial charge in [0.1, 0.15) is 11.5 Å². The molecule has 2 aromatic carbocycles. The van der Waals surface area contributed by atoms with Crippen LogP contribution in [0.4, 0.5) is 0 Å². The molecule has 2 aromatic rings. The molecule has 0 aliphatic rings. The monoisotopic (exact) mass is 456 g/mol. The Kier molecular flexibility index (Phi) is 6.29. The standard InChI is InChI=1S/C18H18Br2O4/c1-10(2)13-9-12(5-6-16(13)22-3)24-17-14(19)7-11(8-15(17)20)18(21)23-4/h5-10H,1-4H3. The molecule has 0 heterocycles. The first kappa shape index (κ1) is 18.8. The second kappa shape index (κ2) is 8.03. The molecule has 0 amide bonds. The van der Waals surface area contributed by atoms with Crippen molar-refractivity contribution in [3.63, 3.8) is 0 Å². The molecule has 0 saturated heterocycles. The summed E-state index contributed by atoms with van der Waals surface area (Å²) >= 11 is 6.88. The van der Waals surface area contributed by atoms with E-state index in [4.69, 9.17) is 14.2 Å². The van der Waals surface area contributed by atoms with Crippen LogP contribution in [0.5, 0.6) is 17.2 Å². The summed E-state index contributed by atoms with van der Waals surface area (Å²) in [6.07, 6.45) is 0. The molecule has 0 radical (unpaired) electrons. The summed E-state index contributed by atoms with van der Waals surface area (Å²) in [7, 11) is 3.00. The molecule has 6 heteroatoms. The summed E-state index contributed by atoms with van der Waals surface area (Å²) in [5.41, 5.74) is 1.50.